The molecule has 0 amide bonds. The minimum atomic E-state index is -0.593. The summed E-state index contributed by atoms with van der Waals surface area (Å²) in [5.41, 5.74) is 2.19. The molecule has 32 heavy (non-hydrogen) atoms. The van der Waals surface area contributed by atoms with E-state index in [1.54, 1.807) is 24.3 Å². The maximum absolute atomic E-state index is 11.9. The fraction of sp³-hybridized carbons (Fsp3) is 0.0769. The first-order valence-corrected chi connectivity index (χ1v) is 11.7. The highest BCUT2D eigenvalue weighted by molar-refractivity contribution is 7.24. The first-order valence-electron chi connectivity index (χ1n) is 10.1. The predicted molar refractivity (Wildman–Crippen MR) is 133 cm³/mol. The van der Waals surface area contributed by atoms with Crippen LogP contribution in [0.25, 0.3) is 15.8 Å². The smallest absolute Gasteiger partial charge is 0.348 e. The Balaban J connectivity index is 1.65. The molecule has 0 aliphatic heterocycles. The molecule has 0 fully saturated rings. The van der Waals surface area contributed by atoms with Crippen LogP contribution in [0.15, 0.2) is 90.5 Å². The number of esters is 1. The van der Waals surface area contributed by atoms with E-state index in [-0.39, 0.29) is 12.2 Å². The van der Waals surface area contributed by atoms with Crippen molar-refractivity contribution in [3.63, 3.8) is 0 Å². The Hall–Kier alpha value is -3.66. The SMILES string of the molecule is CCOC(=O)/C(C#N)=C/c1ccc(-c2ccc(N(c3ccccc3)c3ccccc3)s2)s1. The van der Waals surface area contributed by atoms with Crippen LogP contribution in [-0.2, 0) is 9.53 Å². The maximum atomic E-state index is 11.9. The molecule has 0 radical (unpaired) electrons. The number of nitriles is 1. The van der Waals surface area contributed by atoms with Crippen molar-refractivity contribution in [3.05, 3.63) is 95.4 Å². The number of carbonyl (C=O) groups is 1. The monoisotopic (exact) mass is 456 g/mol. The van der Waals surface area contributed by atoms with Crippen LogP contribution in [0.2, 0.25) is 0 Å². The quantitative estimate of drug-likeness (QED) is 0.165. The van der Waals surface area contributed by atoms with Gasteiger partial charge in [-0.05, 0) is 61.5 Å². The van der Waals surface area contributed by atoms with Crippen molar-refractivity contribution in [2.24, 2.45) is 0 Å². The predicted octanol–water partition coefficient (Wildman–Crippen LogP) is 7.42. The summed E-state index contributed by atoms with van der Waals surface area (Å²) in [4.78, 5) is 17.2. The number of benzene rings is 2. The van der Waals surface area contributed by atoms with E-state index in [2.05, 4.69) is 41.3 Å². The molecule has 0 saturated carbocycles. The molecule has 0 aliphatic rings. The van der Waals surface area contributed by atoms with Gasteiger partial charge in [0.2, 0.25) is 0 Å². The lowest BCUT2D eigenvalue weighted by molar-refractivity contribution is -0.137. The third kappa shape index (κ3) is 4.80. The average molecular weight is 457 g/mol. The molecule has 0 N–H and O–H groups in total. The van der Waals surface area contributed by atoms with Gasteiger partial charge in [-0.1, -0.05) is 36.4 Å². The fourth-order valence-electron chi connectivity index (χ4n) is 3.19. The third-order valence-corrected chi connectivity index (χ3v) is 6.91. The van der Waals surface area contributed by atoms with Crippen LogP contribution in [0.4, 0.5) is 16.4 Å². The molecule has 4 aromatic rings. The molecule has 2 aromatic carbocycles. The van der Waals surface area contributed by atoms with Crippen LogP contribution in [0.5, 0.6) is 0 Å². The van der Waals surface area contributed by atoms with Crippen LogP contribution < -0.4 is 4.90 Å². The Bertz CT molecular complexity index is 1230. The van der Waals surface area contributed by atoms with Gasteiger partial charge >= 0.3 is 5.97 Å². The summed E-state index contributed by atoms with van der Waals surface area (Å²) in [5.74, 6) is -0.593. The number of hydrogen-bond acceptors (Lipinski definition) is 6. The minimum absolute atomic E-state index is 0.00597. The van der Waals surface area contributed by atoms with Crippen molar-refractivity contribution in [2.75, 3.05) is 11.5 Å². The van der Waals surface area contributed by atoms with E-state index in [1.807, 2.05) is 54.6 Å². The van der Waals surface area contributed by atoms with Crippen molar-refractivity contribution >= 4 is 51.1 Å². The molecule has 4 rings (SSSR count). The lowest BCUT2D eigenvalue weighted by atomic mass is 10.2. The molecular formula is C26H20N2O2S2. The zero-order valence-electron chi connectivity index (χ0n) is 17.4. The number of hydrogen-bond donors (Lipinski definition) is 0. The molecule has 0 saturated heterocycles. The van der Waals surface area contributed by atoms with Crippen molar-refractivity contribution in [1.82, 2.24) is 0 Å². The first kappa shape index (κ1) is 21.6. The van der Waals surface area contributed by atoms with E-state index in [0.29, 0.717) is 0 Å². The van der Waals surface area contributed by atoms with Gasteiger partial charge in [0.15, 0.2) is 0 Å². The largest absolute Gasteiger partial charge is 0.462 e. The number of nitrogens with zero attached hydrogens (tertiary/aromatic N) is 2. The Kier molecular flexibility index (Phi) is 6.81. The van der Waals surface area contributed by atoms with Gasteiger partial charge in [0.25, 0.3) is 0 Å². The van der Waals surface area contributed by atoms with Crippen molar-refractivity contribution in [3.8, 4) is 15.8 Å². The summed E-state index contributed by atoms with van der Waals surface area (Å²) in [7, 11) is 0. The van der Waals surface area contributed by atoms with Crippen LogP contribution in [0, 0.1) is 11.3 Å². The van der Waals surface area contributed by atoms with E-state index < -0.39 is 5.97 Å². The highest BCUT2D eigenvalue weighted by Crippen LogP contribution is 2.43. The molecule has 4 nitrogen and oxygen atoms in total. The highest BCUT2D eigenvalue weighted by atomic mass is 32.1. The van der Waals surface area contributed by atoms with Crippen molar-refractivity contribution < 1.29 is 9.53 Å². The summed E-state index contributed by atoms with van der Waals surface area (Å²) in [6.07, 6.45) is 1.58. The number of ether oxygens (including phenoxy) is 1. The molecule has 6 heteroatoms. The summed E-state index contributed by atoms with van der Waals surface area (Å²) in [5, 5.41) is 10.4. The van der Waals surface area contributed by atoms with Gasteiger partial charge in [-0.15, -0.1) is 22.7 Å². The average Bonchev–Trinajstić information content (AvgIpc) is 3.49. The van der Waals surface area contributed by atoms with Crippen LogP contribution in [0.3, 0.4) is 0 Å². The zero-order chi connectivity index (χ0) is 22.3. The molecule has 0 atom stereocenters. The molecule has 158 valence electrons. The highest BCUT2D eigenvalue weighted by Gasteiger charge is 2.16. The van der Waals surface area contributed by atoms with Crippen molar-refractivity contribution in [2.45, 2.75) is 6.92 Å². The van der Waals surface area contributed by atoms with E-state index in [4.69, 9.17) is 4.74 Å². The fourth-order valence-corrected chi connectivity index (χ4v) is 5.28. The summed E-state index contributed by atoms with van der Waals surface area (Å²) in [6.45, 7) is 1.96. The maximum Gasteiger partial charge on any atom is 0.348 e. The van der Waals surface area contributed by atoms with Gasteiger partial charge in [-0.2, -0.15) is 5.26 Å². The van der Waals surface area contributed by atoms with Gasteiger partial charge < -0.3 is 9.64 Å². The Morgan fingerprint density at radius 3 is 2.09 bits per heavy atom. The second kappa shape index (κ2) is 10.1. The number of para-hydroxylation sites is 2. The molecular weight excluding hydrogens is 436 g/mol. The summed E-state index contributed by atoms with van der Waals surface area (Å²) in [6, 6.07) is 30.6. The Morgan fingerprint density at radius 2 is 1.50 bits per heavy atom. The van der Waals surface area contributed by atoms with E-state index in [0.717, 1.165) is 31.0 Å². The standard InChI is InChI=1S/C26H20N2O2S2/c1-2-30-26(29)19(18-27)17-22-13-14-23(31-22)24-15-16-25(32-24)28(20-9-5-3-6-10-20)21-11-7-4-8-12-21/h3-17H,2H2,1H3/b19-17+. The van der Waals surface area contributed by atoms with Gasteiger partial charge in [0, 0.05) is 26.0 Å². The zero-order valence-corrected chi connectivity index (χ0v) is 19.0. The normalized spacial score (nSPS) is 11.1. The number of thiophene rings is 2. The van der Waals surface area contributed by atoms with E-state index in [9.17, 15) is 10.1 Å². The lowest BCUT2D eigenvalue weighted by Crippen LogP contribution is -2.07. The lowest BCUT2D eigenvalue weighted by Gasteiger charge is -2.23. The minimum Gasteiger partial charge on any atom is -0.462 e. The van der Waals surface area contributed by atoms with Crippen LogP contribution >= 0.6 is 22.7 Å². The molecule has 0 bridgehead atoms. The molecule has 0 spiro atoms. The summed E-state index contributed by atoms with van der Waals surface area (Å²) < 4.78 is 4.94. The Morgan fingerprint density at radius 1 is 0.906 bits per heavy atom. The third-order valence-electron chi connectivity index (χ3n) is 4.61. The van der Waals surface area contributed by atoms with Gasteiger partial charge in [0.1, 0.15) is 16.6 Å². The van der Waals surface area contributed by atoms with Gasteiger partial charge in [-0.25, -0.2) is 4.79 Å². The van der Waals surface area contributed by atoms with Gasteiger partial charge in [0.05, 0.1) is 6.61 Å². The molecule has 2 aromatic heterocycles. The molecule has 0 unspecified atom stereocenters. The second-order valence-corrected chi connectivity index (χ2v) is 8.91. The molecule has 2 heterocycles. The number of carbonyl (C=O) groups excluding carboxylic acids is 1. The van der Waals surface area contributed by atoms with E-state index >= 15 is 0 Å². The number of anilines is 3. The molecule has 0 aliphatic carbocycles. The van der Waals surface area contributed by atoms with Crippen LogP contribution in [0.1, 0.15) is 11.8 Å². The van der Waals surface area contributed by atoms with Gasteiger partial charge in [-0.3, -0.25) is 0 Å². The Labute approximate surface area is 195 Å². The van der Waals surface area contributed by atoms with Crippen LogP contribution in [-0.4, -0.2) is 12.6 Å². The topological polar surface area (TPSA) is 53.3 Å². The summed E-state index contributed by atoms with van der Waals surface area (Å²) >= 11 is 3.23. The first-order chi connectivity index (χ1) is 15.7. The second-order valence-electron chi connectivity index (χ2n) is 6.74. The number of rotatable bonds is 7. The van der Waals surface area contributed by atoms with Crippen molar-refractivity contribution in [1.29, 1.82) is 5.26 Å². The van der Waals surface area contributed by atoms with E-state index in [1.165, 1.54) is 11.3 Å².